The molecule has 0 spiro atoms. The van der Waals surface area contributed by atoms with Crippen LogP contribution < -0.4 is 5.32 Å². The maximum atomic E-state index is 12.5. The average Bonchev–Trinajstić information content (AvgIpc) is 2.37. The first-order valence-electron chi connectivity index (χ1n) is 5.78. The molecular weight excluding hydrogens is 307 g/mol. The van der Waals surface area contributed by atoms with Gasteiger partial charge in [0.25, 0.3) is 0 Å². The first-order valence-corrected chi connectivity index (χ1v) is 6.97. The lowest BCUT2D eigenvalue weighted by atomic mass is 10.2. The molecule has 2 rings (SSSR count). The van der Waals surface area contributed by atoms with E-state index in [1.165, 1.54) is 6.07 Å². The molecule has 0 heterocycles. The van der Waals surface area contributed by atoms with Crippen molar-refractivity contribution in [1.29, 1.82) is 0 Å². The van der Waals surface area contributed by atoms with Gasteiger partial charge in [-0.3, -0.25) is 0 Å². The lowest BCUT2D eigenvalue weighted by Crippen LogP contribution is -2.04. The van der Waals surface area contributed by atoms with Gasteiger partial charge in [0.1, 0.15) is 0 Å². The molecule has 0 aromatic heterocycles. The zero-order valence-corrected chi connectivity index (χ0v) is 11.8. The summed E-state index contributed by atoms with van der Waals surface area (Å²) in [4.78, 5) is 0.145. The summed E-state index contributed by atoms with van der Waals surface area (Å²) in [6, 6.07) is 13.5. The molecule has 0 amide bonds. The molecular formula is C14H11ClF3NS. The Morgan fingerprint density at radius 2 is 1.65 bits per heavy atom. The van der Waals surface area contributed by atoms with Gasteiger partial charge in [-0.1, -0.05) is 41.9 Å². The molecule has 0 unspecified atom stereocenters. The van der Waals surface area contributed by atoms with Crippen molar-refractivity contribution < 1.29 is 13.2 Å². The van der Waals surface area contributed by atoms with E-state index in [1.54, 1.807) is 30.3 Å². The highest BCUT2D eigenvalue weighted by atomic mass is 35.5. The van der Waals surface area contributed by atoms with E-state index in [-0.39, 0.29) is 16.7 Å². The predicted octanol–water partition coefficient (Wildman–Crippen LogP) is 5.56. The highest BCUT2D eigenvalue weighted by molar-refractivity contribution is 8.00. The van der Waals surface area contributed by atoms with Crippen molar-refractivity contribution in [2.24, 2.45) is 0 Å². The summed E-state index contributed by atoms with van der Waals surface area (Å²) in [5.41, 5.74) is -3.03. The van der Waals surface area contributed by atoms with Crippen LogP contribution in [0.5, 0.6) is 0 Å². The van der Waals surface area contributed by atoms with Crippen LogP contribution in [0.25, 0.3) is 0 Å². The predicted molar refractivity (Wildman–Crippen MR) is 77.1 cm³/mol. The van der Waals surface area contributed by atoms with Crippen LogP contribution in [0.4, 0.5) is 18.9 Å². The largest absolute Gasteiger partial charge is 0.446 e. The summed E-state index contributed by atoms with van der Waals surface area (Å²) in [5.74, 6) is 0. The van der Waals surface area contributed by atoms with Gasteiger partial charge >= 0.3 is 5.51 Å². The van der Waals surface area contributed by atoms with Crippen LogP contribution in [0.2, 0.25) is 5.02 Å². The van der Waals surface area contributed by atoms with Gasteiger partial charge in [0.2, 0.25) is 0 Å². The van der Waals surface area contributed by atoms with Gasteiger partial charge in [-0.05, 0) is 35.5 Å². The van der Waals surface area contributed by atoms with Crippen LogP contribution in [0.1, 0.15) is 5.56 Å². The van der Waals surface area contributed by atoms with Crippen LogP contribution in [0.3, 0.4) is 0 Å². The average molecular weight is 318 g/mol. The van der Waals surface area contributed by atoms with E-state index in [0.717, 1.165) is 5.56 Å². The monoisotopic (exact) mass is 317 g/mol. The second kappa shape index (κ2) is 6.41. The van der Waals surface area contributed by atoms with Crippen molar-refractivity contribution in [1.82, 2.24) is 0 Å². The summed E-state index contributed by atoms with van der Waals surface area (Å²) in [6.07, 6.45) is 0. The molecule has 20 heavy (non-hydrogen) atoms. The molecule has 106 valence electrons. The number of hydrogen-bond acceptors (Lipinski definition) is 2. The smallest absolute Gasteiger partial charge is 0.380 e. The van der Waals surface area contributed by atoms with E-state index >= 15 is 0 Å². The third-order valence-corrected chi connectivity index (χ3v) is 3.72. The molecule has 0 aliphatic rings. The fourth-order valence-corrected chi connectivity index (χ4v) is 2.51. The van der Waals surface area contributed by atoms with Crippen molar-refractivity contribution in [2.75, 3.05) is 5.32 Å². The third-order valence-electron chi connectivity index (χ3n) is 2.54. The normalized spacial score (nSPS) is 11.4. The van der Waals surface area contributed by atoms with Crippen LogP contribution in [0, 0.1) is 0 Å². The molecule has 0 atom stereocenters. The zero-order chi connectivity index (χ0) is 14.6. The lowest BCUT2D eigenvalue weighted by molar-refractivity contribution is -0.0327. The molecule has 0 aliphatic carbocycles. The summed E-state index contributed by atoms with van der Waals surface area (Å²) < 4.78 is 37.4. The van der Waals surface area contributed by atoms with Crippen molar-refractivity contribution in [2.45, 2.75) is 16.9 Å². The van der Waals surface area contributed by atoms with Gasteiger partial charge in [-0.25, -0.2) is 0 Å². The maximum Gasteiger partial charge on any atom is 0.446 e. The highest BCUT2D eigenvalue weighted by Gasteiger charge is 2.30. The minimum Gasteiger partial charge on any atom is -0.380 e. The van der Waals surface area contributed by atoms with E-state index < -0.39 is 5.51 Å². The fraction of sp³-hybridized carbons (Fsp3) is 0.143. The molecule has 1 N–H and O–H groups in total. The number of rotatable bonds is 4. The minimum absolute atomic E-state index is 0.129. The van der Waals surface area contributed by atoms with Crippen molar-refractivity contribution in [3.63, 3.8) is 0 Å². The van der Waals surface area contributed by atoms with Crippen molar-refractivity contribution in [3.05, 3.63) is 59.1 Å². The number of benzene rings is 2. The molecule has 0 saturated heterocycles. The Hall–Kier alpha value is -1.33. The fourth-order valence-electron chi connectivity index (χ4n) is 1.66. The molecule has 0 aliphatic heterocycles. The Bertz CT molecular complexity index is 587. The standard InChI is InChI=1S/C14H11ClF3NS/c15-11-6-2-1-5-10(11)9-19-12-7-3-4-8-13(12)20-14(16,17)18/h1-8,19H,9H2. The van der Waals surface area contributed by atoms with Gasteiger partial charge in [0, 0.05) is 22.2 Å². The molecule has 0 bridgehead atoms. The molecule has 0 saturated carbocycles. The third kappa shape index (κ3) is 4.35. The second-order valence-corrected chi connectivity index (χ2v) is 5.50. The Morgan fingerprint density at radius 3 is 2.35 bits per heavy atom. The van der Waals surface area contributed by atoms with Crippen molar-refractivity contribution in [3.8, 4) is 0 Å². The van der Waals surface area contributed by atoms with Crippen molar-refractivity contribution >= 4 is 29.1 Å². The van der Waals surface area contributed by atoms with Gasteiger partial charge in [0.05, 0.1) is 0 Å². The minimum atomic E-state index is -4.30. The highest BCUT2D eigenvalue weighted by Crippen LogP contribution is 2.40. The Balaban J connectivity index is 2.12. The van der Waals surface area contributed by atoms with Crippen LogP contribution in [0.15, 0.2) is 53.4 Å². The summed E-state index contributed by atoms with van der Waals surface area (Å²) in [6.45, 7) is 0.370. The number of para-hydroxylation sites is 1. The summed E-state index contributed by atoms with van der Waals surface area (Å²) in [5, 5.41) is 3.57. The number of nitrogens with one attached hydrogen (secondary N) is 1. The van der Waals surface area contributed by atoms with Gasteiger partial charge in [-0.15, -0.1) is 0 Å². The number of thioether (sulfide) groups is 1. The zero-order valence-electron chi connectivity index (χ0n) is 10.2. The van der Waals surface area contributed by atoms with E-state index in [1.807, 2.05) is 12.1 Å². The number of anilines is 1. The first-order chi connectivity index (χ1) is 9.46. The summed E-state index contributed by atoms with van der Waals surface area (Å²) in [7, 11) is 0. The summed E-state index contributed by atoms with van der Waals surface area (Å²) >= 11 is 5.88. The van der Waals surface area contributed by atoms with Gasteiger partial charge in [0.15, 0.2) is 0 Å². The molecule has 2 aromatic carbocycles. The molecule has 2 aromatic rings. The van der Waals surface area contributed by atoms with E-state index in [4.69, 9.17) is 11.6 Å². The quantitative estimate of drug-likeness (QED) is 0.740. The Morgan fingerprint density at radius 1 is 1.00 bits per heavy atom. The van der Waals surface area contributed by atoms with Crippen LogP contribution in [-0.2, 0) is 6.54 Å². The Kier molecular flexibility index (Phi) is 4.83. The van der Waals surface area contributed by atoms with Gasteiger partial charge in [-0.2, -0.15) is 13.2 Å². The van der Waals surface area contributed by atoms with Gasteiger partial charge < -0.3 is 5.32 Å². The molecule has 0 radical (unpaired) electrons. The molecule has 6 heteroatoms. The lowest BCUT2D eigenvalue weighted by Gasteiger charge is -2.13. The van der Waals surface area contributed by atoms with E-state index in [0.29, 0.717) is 17.3 Å². The van der Waals surface area contributed by atoms with Crippen LogP contribution >= 0.6 is 23.4 Å². The van der Waals surface area contributed by atoms with E-state index in [2.05, 4.69) is 5.32 Å². The SMILES string of the molecule is FC(F)(F)Sc1ccccc1NCc1ccccc1Cl. The number of hydrogen-bond donors (Lipinski definition) is 1. The Labute approximate surface area is 124 Å². The molecule has 0 fully saturated rings. The first kappa shape index (κ1) is 15.1. The van der Waals surface area contributed by atoms with Crippen LogP contribution in [-0.4, -0.2) is 5.51 Å². The second-order valence-electron chi connectivity index (χ2n) is 3.99. The molecule has 1 nitrogen and oxygen atoms in total. The topological polar surface area (TPSA) is 12.0 Å². The number of alkyl halides is 3. The maximum absolute atomic E-state index is 12.5. The number of halogens is 4. The van der Waals surface area contributed by atoms with E-state index in [9.17, 15) is 13.2 Å².